The van der Waals surface area contributed by atoms with Crippen molar-refractivity contribution in [2.75, 3.05) is 18.1 Å². The molecule has 17 heavy (non-hydrogen) atoms. The van der Waals surface area contributed by atoms with Crippen molar-refractivity contribution in [2.45, 2.75) is 10.4 Å². The van der Waals surface area contributed by atoms with Crippen LogP contribution in [0.25, 0.3) is 0 Å². The number of carboxylic acids is 1. The number of nitrogens with two attached hydrogens (primary N) is 1. The first kappa shape index (κ1) is 12.2. The zero-order valence-electron chi connectivity index (χ0n) is 8.96. The summed E-state index contributed by atoms with van der Waals surface area (Å²) in [7, 11) is 0. The van der Waals surface area contributed by atoms with Crippen LogP contribution in [-0.2, 0) is 0 Å². The molecule has 1 unspecified atom stereocenters. The molecule has 0 saturated carbocycles. The Morgan fingerprint density at radius 2 is 2.35 bits per heavy atom. The third kappa shape index (κ3) is 2.22. The SMILES string of the molecule is NNC1Sc2cc(C(=O)O)ccc2N1CCO. The van der Waals surface area contributed by atoms with Gasteiger partial charge < -0.3 is 15.1 Å². The summed E-state index contributed by atoms with van der Waals surface area (Å²) < 4.78 is 0. The van der Waals surface area contributed by atoms with Gasteiger partial charge in [-0.15, -0.1) is 0 Å². The largest absolute Gasteiger partial charge is 0.478 e. The molecule has 0 bridgehead atoms. The van der Waals surface area contributed by atoms with Crippen LogP contribution in [0, 0.1) is 0 Å². The van der Waals surface area contributed by atoms with E-state index >= 15 is 0 Å². The lowest BCUT2D eigenvalue weighted by atomic mass is 10.2. The molecule has 5 N–H and O–H groups in total. The van der Waals surface area contributed by atoms with Crippen molar-refractivity contribution >= 4 is 23.4 Å². The lowest BCUT2D eigenvalue weighted by Crippen LogP contribution is -2.45. The number of hydrogen-bond donors (Lipinski definition) is 4. The Balaban J connectivity index is 2.34. The number of nitrogens with zero attached hydrogens (tertiary/aromatic N) is 1. The highest BCUT2D eigenvalue weighted by atomic mass is 32.2. The van der Waals surface area contributed by atoms with E-state index < -0.39 is 5.97 Å². The molecule has 0 radical (unpaired) electrons. The molecule has 6 nitrogen and oxygen atoms in total. The first-order chi connectivity index (χ1) is 8.17. The fourth-order valence-electron chi connectivity index (χ4n) is 1.76. The van der Waals surface area contributed by atoms with Crippen LogP contribution in [0.1, 0.15) is 10.4 Å². The minimum Gasteiger partial charge on any atom is -0.478 e. The van der Waals surface area contributed by atoms with Gasteiger partial charge in [0.25, 0.3) is 0 Å². The molecular formula is C10H13N3O3S. The lowest BCUT2D eigenvalue weighted by Gasteiger charge is -2.24. The van der Waals surface area contributed by atoms with Crippen LogP contribution in [-0.4, -0.2) is 34.8 Å². The Kier molecular flexibility index (Phi) is 3.53. The molecule has 0 saturated heterocycles. The summed E-state index contributed by atoms with van der Waals surface area (Å²) in [5, 5.41) is 17.9. The number of aliphatic hydroxyl groups excluding tert-OH is 1. The monoisotopic (exact) mass is 255 g/mol. The molecule has 0 spiro atoms. The van der Waals surface area contributed by atoms with Crippen molar-refractivity contribution in [3.63, 3.8) is 0 Å². The highest BCUT2D eigenvalue weighted by Gasteiger charge is 2.29. The maximum Gasteiger partial charge on any atom is 0.335 e. The van der Waals surface area contributed by atoms with Crippen LogP contribution in [0.15, 0.2) is 23.1 Å². The average molecular weight is 255 g/mol. The van der Waals surface area contributed by atoms with Gasteiger partial charge in [-0.1, -0.05) is 11.8 Å². The van der Waals surface area contributed by atoms with Crippen LogP contribution in [0.3, 0.4) is 0 Å². The zero-order chi connectivity index (χ0) is 12.4. The number of hydrazine groups is 1. The van der Waals surface area contributed by atoms with E-state index in [1.807, 2.05) is 4.90 Å². The van der Waals surface area contributed by atoms with Crippen LogP contribution >= 0.6 is 11.8 Å². The molecule has 1 atom stereocenters. The quantitative estimate of drug-likeness (QED) is 0.445. The molecule has 1 aromatic rings. The number of fused-ring (bicyclic) bond motifs is 1. The fourth-order valence-corrected chi connectivity index (χ4v) is 2.91. The van der Waals surface area contributed by atoms with Gasteiger partial charge in [0.15, 0.2) is 0 Å². The van der Waals surface area contributed by atoms with Crippen LogP contribution in [0.4, 0.5) is 5.69 Å². The molecular weight excluding hydrogens is 242 g/mol. The van der Waals surface area contributed by atoms with Crippen molar-refractivity contribution in [1.82, 2.24) is 5.43 Å². The maximum atomic E-state index is 10.9. The molecule has 92 valence electrons. The Morgan fingerprint density at radius 3 is 2.94 bits per heavy atom. The summed E-state index contributed by atoms with van der Waals surface area (Å²) >= 11 is 1.43. The summed E-state index contributed by atoms with van der Waals surface area (Å²) in [5.41, 5.74) is 3.58. The molecule has 2 rings (SSSR count). The van der Waals surface area contributed by atoms with Crippen molar-refractivity contribution < 1.29 is 15.0 Å². The Hall–Kier alpha value is -1.28. The Morgan fingerprint density at radius 1 is 1.59 bits per heavy atom. The molecule has 0 aromatic heterocycles. The van der Waals surface area contributed by atoms with E-state index in [0.29, 0.717) is 6.54 Å². The number of β-amino-alcohol motifs (C(OH)–C–C–N with tert-alkyl or cyclic N) is 1. The second kappa shape index (κ2) is 4.92. The number of carboxylic acid groups (broad SMARTS) is 1. The third-order valence-electron chi connectivity index (χ3n) is 2.52. The number of rotatable bonds is 4. The van der Waals surface area contributed by atoms with Gasteiger partial charge >= 0.3 is 5.97 Å². The first-order valence-corrected chi connectivity index (χ1v) is 5.93. The number of aliphatic hydroxyl groups is 1. The molecule has 0 fully saturated rings. The second-order valence-corrected chi connectivity index (χ2v) is 4.66. The summed E-state index contributed by atoms with van der Waals surface area (Å²) in [6.07, 6.45) is 0. The highest BCUT2D eigenvalue weighted by Crippen LogP contribution is 2.42. The number of benzene rings is 1. The van der Waals surface area contributed by atoms with Crippen LogP contribution in [0.2, 0.25) is 0 Å². The molecule has 1 aliphatic heterocycles. The topological polar surface area (TPSA) is 98.8 Å². The van der Waals surface area contributed by atoms with Crippen molar-refractivity contribution in [1.29, 1.82) is 0 Å². The Bertz CT molecular complexity index is 441. The number of aromatic carboxylic acids is 1. The molecule has 7 heteroatoms. The number of anilines is 1. The minimum absolute atomic E-state index is 0.0128. The minimum atomic E-state index is -0.953. The number of nitrogens with one attached hydrogen (secondary N) is 1. The predicted molar refractivity (Wildman–Crippen MR) is 64.8 cm³/mol. The van der Waals surface area contributed by atoms with E-state index in [1.165, 1.54) is 11.8 Å². The van der Waals surface area contributed by atoms with Gasteiger partial charge in [0.05, 0.1) is 17.9 Å². The van der Waals surface area contributed by atoms with Crippen molar-refractivity contribution in [3.05, 3.63) is 23.8 Å². The first-order valence-electron chi connectivity index (χ1n) is 5.05. The van der Waals surface area contributed by atoms with E-state index in [1.54, 1.807) is 18.2 Å². The van der Waals surface area contributed by atoms with Crippen molar-refractivity contribution in [3.8, 4) is 0 Å². The summed E-state index contributed by atoms with van der Waals surface area (Å²) in [6.45, 7) is 0.458. The van der Waals surface area contributed by atoms with E-state index in [0.717, 1.165) is 10.6 Å². The summed E-state index contributed by atoms with van der Waals surface area (Å²) in [5.74, 6) is 4.47. The van der Waals surface area contributed by atoms with Crippen LogP contribution < -0.4 is 16.2 Å². The second-order valence-electron chi connectivity index (χ2n) is 3.54. The van der Waals surface area contributed by atoms with Gasteiger partial charge in [0.1, 0.15) is 5.50 Å². The van der Waals surface area contributed by atoms with Crippen LogP contribution in [0.5, 0.6) is 0 Å². The van der Waals surface area contributed by atoms with E-state index in [4.69, 9.17) is 16.1 Å². The summed E-state index contributed by atoms with van der Waals surface area (Å²) in [4.78, 5) is 13.6. The smallest absolute Gasteiger partial charge is 0.335 e. The maximum absolute atomic E-state index is 10.9. The standard InChI is InChI=1S/C10H13N3O3S/c11-12-10-13(3-4-14)7-2-1-6(9(15)16)5-8(7)17-10/h1-2,5,10,12,14H,3-4,11H2,(H,15,16). The number of hydrogen-bond acceptors (Lipinski definition) is 6. The van der Waals surface area contributed by atoms with Crippen molar-refractivity contribution in [2.24, 2.45) is 5.84 Å². The number of thioether (sulfide) groups is 1. The molecule has 1 heterocycles. The number of carbonyl (C=O) groups is 1. The third-order valence-corrected chi connectivity index (χ3v) is 3.72. The van der Waals surface area contributed by atoms with E-state index in [-0.39, 0.29) is 17.7 Å². The molecule has 1 aromatic carbocycles. The molecule has 0 amide bonds. The summed E-state index contributed by atoms with van der Waals surface area (Å²) in [6, 6.07) is 4.90. The van der Waals surface area contributed by atoms with Gasteiger partial charge in [0, 0.05) is 11.4 Å². The average Bonchev–Trinajstić information content (AvgIpc) is 2.67. The van der Waals surface area contributed by atoms with Gasteiger partial charge in [-0.3, -0.25) is 5.84 Å². The lowest BCUT2D eigenvalue weighted by molar-refractivity contribution is 0.0696. The van der Waals surface area contributed by atoms with E-state index in [9.17, 15) is 4.79 Å². The van der Waals surface area contributed by atoms with E-state index in [2.05, 4.69) is 5.43 Å². The molecule has 0 aliphatic carbocycles. The normalized spacial score (nSPS) is 18.2. The van der Waals surface area contributed by atoms with Gasteiger partial charge in [-0.05, 0) is 18.2 Å². The zero-order valence-corrected chi connectivity index (χ0v) is 9.78. The Labute approximate surface area is 102 Å². The molecule has 1 aliphatic rings. The fraction of sp³-hybridized carbons (Fsp3) is 0.300. The van der Waals surface area contributed by atoms with Gasteiger partial charge in [-0.2, -0.15) is 0 Å². The highest BCUT2D eigenvalue weighted by molar-refractivity contribution is 8.00. The predicted octanol–water partition coefficient (Wildman–Crippen LogP) is 0.0361. The van der Waals surface area contributed by atoms with Gasteiger partial charge in [-0.25, -0.2) is 10.2 Å². The van der Waals surface area contributed by atoms with Gasteiger partial charge in [0.2, 0.25) is 0 Å².